The number of morpholine rings is 1. The number of aromatic nitrogens is 1. The van der Waals surface area contributed by atoms with Crippen LogP contribution >= 0.6 is 11.8 Å². The molecular weight excluding hydrogens is 334 g/mol. The Hall–Kier alpha value is -1.29. The molecule has 6 heteroatoms. The van der Waals surface area contributed by atoms with Gasteiger partial charge in [-0.05, 0) is 25.3 Å². The fourth-order valence-corrected chi connectivity index (χ4v) is 4.18. The average molecular weight is 362 g/mol. The molecule has 3 rings (SSSR count). The van der Waals surface area contributed by atoms with Crippen LogP contribution in [0.5, 0.6) is 0 Å². The third-order valence-electron chi connectivity index (χ3n) is 4.54. The molecule has 5 nitrogen and oxygen atoms in total. The van der Waals surface area contributed by atoms with E-state index < -0.39 is 0 Å². The smallest absolute Gasteiger partial charge is 0.135 e. The van der Waals surface area contributed by atoms with Gasteiger partial charge in [-0.25, -0.2) is 4.98 Å². The number of pyridine rings is 1. The van der Waals surface area contributed by atoms with Crippen LogP contribution in [0.3, 0.4) is 0 Å². The molecule has 3 heterocycles. The molecule has 1 saturated heterocycles. The van der Waals surface area contributed by atoms with Gasteiger partial charge >= 0.3 is 0 Å². The lowest BCUT2D eigenvalue weighted by Gasteiger charge is -2.37. The van der Waals surface area contributed by atoms with E-state index in [-0.39, 0.29) is 5.60 Å². The SMILES string of the molecule is CC(C)CSc1nc(N2CCOCC2)c2c(c1C#N)CC(C)(C)OC2. The third kappa shape index (κ3) is 4.11. The monoisotopic (exact) mass is 361 g/mol. The maximum absolute atomic E-state index is 9.83. The highest BCUT2D eigenvalue weighted by atomic mass is 32.2. The molecule has 0 unspecified atom stereocenters. The normalized spacial score (nSPS) is 19.6. The summed E-state index contributed by atoms with van der Waals surface area (Å²) in [5.41, 5.74) is 2.71. The van der Waals surface area contributed by atoms with Gasteiger partial charge in [-0.1, -0.05) is 13.8 Å². The van der Waals surface area contributed by atoms with Gasteiger partial charge in [-0.15, -0.1) is 11.8 Å². The molecule has 136 valence electrons. The number of hydrogen-bond donors (Lipinski definition) is 0. The highest BCUT2D eigenvalue weighted by Gasteiger charge is 2.33. The molecule has 1 aromatic heterocycles. The Morgan fingerprint density at radius 2 is 2.00 bits per heavy atom. The summed E-state index contributed by atoms with van der Waals surface area (Å²) in [4.78, 5) is 7.21. The number of hydrogen-bond acceptors (Lipinski definition) is 6. The van der Waals surface area contributed by atoms with Crippen LogP contribution < -0.4 is 4.90 Å². The van der Waals surface area contributed by atoms with E-state index in [9.17, 15) is 5.26 Å². The molecule has 0 amide bonds. The number of anilines is 1. The second-order valence-electron chi connectivity index (χ2n) is 7.71. The summed E-state index contributed by atoms with van der Waals surface area (Å²) in [6.07, 6.45) is 0.750. The number of nitrogens with zero attached hydrogens (tertiary/aromatic N) is 3. The number of fused-ring (bicyclic) bond motifs is 1. The second-order valence-corrected chi connectivity index (χ2v) is 8.72. The minimum atomic E-state index is -0.248. The maximum atomic E-state index is 9.83. The largest absolute Gasteiger partial charge is 0.378 e. The summed E-state index contributed by atoms with van der Waals surface area (Å²) in [5, 5.41) is 10.7. The first-order valence-corrected chi connectivity index (χ1v) is 9.95. The van der Waals surface area contributed by atoms with Gasteiger partial charge in [0, 0.05) is 30.8 Å². The lowest BCUT2D eigenvalue weighted by Crippen LogP contribution is -2.39. The van der Waals surface area contributed by atoms with Crippen molar-refractivity contribution in [2.24, 2.45) is 5.92 Å². The van der Waals surface area contributed by atoms with E-state index in [1.54, 1.807) is 11.8 Å². The Morgan fingerprint density at radius 1 is 1.28 bits per heavy atom. The highest BCUT2D eigenvalue weighted by molar-refractivity contribution is 7.99. The fourth-order valence-electron chi connectivity index (χ4n) is 3.23. The van der Waals surface area contributed by atoms with Gasteiger partial charge in [0.05, 0.1) is 31.0 Å². The summed E-state index contributed by atoms with van der Waals surface area (Å²) in [6.45, 7) is 12.2. The molecule has 0 aromatic carbocycles. The lowest BCUT2D eigenvalue weighted by molar-refractivity contribution is -0.0402. The van der Waals surface area contributed by atoms with Gasteiger partial charge in [0.2, 0.25) is 0 Å². The zero-order chi connectivity index (χ0) is 18.0. The second kappa shape index (κ2) is 7.53. The molecule has 2 aliphatic heterocycles. The number of thioether (sulfide) groups is 1. The van der Waals surface area contributed by atoms with Crippen molar-refractivity contribution in [1.29, 1.82) is 5.26 Å². The molecule has 0 spiro atoms. The van der Waals surface area contributed by atoms with E-state index in [0.29, 0.717) is 12.5 Å². The lowest BCUT2D eigenvalue weighted by atomic mass is 9.89. The standard InChI is InChI=1S/C19H27N3O2S/c1-13(2)12-25-18-15(10-20)14-9-19(3,4)24-11-16(14)17(21-18)22-5-7-23-8-6-22/h13H,5-9,11-12H2,1-4H3. The van der Waals surface area contributed by atoms with Gasteiger partial charge < -0.3 is 14.4 Å². The van der Waals surface area contributed by atoms with Crippen molar-refractivity contribution in [1.82, 2.24) is 4.98 Å². The van der Waals surface area contributed by atoms with E-state index in [2.05, 4.69) is 38.7 Å². The molecule has 0 bridgehead atoms. The average Bonchev–Trinajstić information content (AvgIpc) is 2.58. The Kier molecular flexibility index (Phi) is 5.57. The van der Waals surface area contributed by atoms with E-state index >= 15 is 0 Å². The minimum Gasteiger partial charge on any atom is -0.378 e. The number of rotatable bonds is 4. The van der Waals surface area contributed by atoms with Crippen molar-refractivity contribution >= 4 is 17.6 Å². The van der Waals surface area contributed by atoms with Crippen LogP contribution in [-0.4, -0.2) is 42.6 Å². The van der Waals surface area contributed by atoms with Crippen LogP contribution in [0.4, 0.5) is 5.82 Å². The van der Waals surface area contributed by atoms with E-state index in [0.717, 1.165) is 66.0 Å². The topological polar surface area (TPSA) is 58.4 Å². The van der Waals surface area contributed by atoms with E-state index in [4.69, 9.17) is 14.5 Å². The molecule has 0 aliphatic carbocycles. The van der Waals surface area contributed by atoms with Crippen LogP contribution in [0.15, 0.2) is 5.03 Å². The van der Waals surface area contributed by atoms with Crippen molar-refractivity contribution in [3.8, 4) is 6.07 Å². The van der Waals surface area contributed by atoms with Crippen molar-refractivity contribution in [2.75, 3.05) is 37.0 Å². The fraction of sp³-hybridized carbons (Fsp3) is 0.684. The van der Waals surface area contributed by atoms with Gasteiger partial charge in [0.15, 0.2) is 0 Å². The molecule has 1 aromatic rings. The Morgan fingerprint density at radius 3 is 2.64 bits per heavy atom. The first-order valence-electron chi connectivity index (χ1n) is 8.96. The Bertz CT molecular complexity index is 676. The summed E-state index contributed by atoms with van der Waals surface area (Å²) in [5.74, 6) is 2.50. The predicted molar refractivity (Wildman–Crippen MR) is 100 cm³/mol. The minimum absolute atomic E-state index is 0.248. The summed E-state index contributed by atoms with van der Waals surface area (Å²) < 4.78 is 11.5. The molecule has 0 saturated carbocycles. The molecule has 2 aliphatic rings. The van der Waals surface area contributed by atoms with Crippen molar-refractivity contribution in [3.05, 3.63) is 16.7 Å². The van der Waals surface area contributed by atoms with Crippen LogP contribution in [0.2, 0.25) is 0 Å². The Labute approximate surface area is 154 Å². The van der Waals surface area contributed by atoms with Crippen molar-refractivity contribution < 1.29 is 9.47 Å². The zero-order valence-electron chi connectivity index (χ0n) is 15.6. The number of ether oxygens (including phenoxy) is 2. The first kappa shape index (κ1) is 18.5. The molecular formula is C19H27N3O2S. The molecule has 0 radical (unpaired) electrons. The zero-order valence-corrected chi connectivity index (χ0v) is 16.4. The highest BCUT2D eigenvalue weighted by Crippen LogP contribution is 2.39. The van der Waals surface area contributed by atoms with Crippen LogP contribution in [0.1, 0.15) is 44.4 Å². The Balaban J connectivity index is 2.08. The summed E-state index contributed by atoms with van der Waals surface area (Å²) >= 11 is 1.70. The van der Waals surface area contributed by atoms with Gasteiger partial charge in [0.1, 0.15) is 16.9 Å². The molecule has 25 heavy (non-hydrogen) atoms. The quantitative estimate of drug-likeness (QED) is 0.766. The van der Waals surface area contributed by atoms with Crippen molar-refractivity contribution in [3.63, 3.8) is 0 Å². The van der Waals surface area contributed by atoms with E-state index in [1.165, 1.54) is 0 Å². The van der Waals surface area contributed by atoms with E-state index in [1.807, 2.05) is 0 Å². The predicted octanol–water partition coefficient (Wildman–Crippen LogP) is 3.39. The molecule has 0 N–H and O–H groups in total. The maximum Gasteiger partial charge on any atom is 0.135 e. The van der Waals surface area contributed by atoms with Gasteiger partial charge in [-0.3, -0.25) is 0 Å². The van der Waals surface area contributed by atoms with Crippen molar-refractivity contribution in [2.45, 2.75) is 51.3 Å². The summed E-state index contributed by atoms with van der Waals surface area (Å²) in [6, 6.07) is 2.43. The van der Waals surface area contributed by atoms with Gasteiger partial charge in [-0.2, -0.15) is 5.26 Å². The van der Waals surface area contributed by atoms with Crippen LogP contribution in [0, 0.1) is 17.2 Å². The third-order valence-corrected chi connectivity index (χ3v) is 5.95. The first-order chi connectivity index (χ1) is 11.9. The van der Waals surface area contributed by atoms with Crippen LogP contribution in [0.25, 0.3) is 0 Å². The molecule has 1 fully saturated rings. The summed E-state index contributed by atoms with van der Waals surface area (Å²) in [7, 11) is 0. The molecule has 0 atom stereocenters. The van der Waals surface area contributed by atoms with Gasteiger partial charge in [0.25, 0.3) is 0 Å². The van der Waals surface area contributed by atoms with Crippen LogP contribution in [-0.2, 0) is 22.5 Å². The number of nitriles is 1.